The van der Waals surface area contributed by atoms with Crippen molar-refractivity contribution in [1.82, 2.24) is 0 Å². The van der Waals surface area contributed by atoms with Crippen LogP contribution in [0.5, 0.6) is 0 Å². The second-order valence-electron chi connectivity index (χ2n) is 4.63. The van der Waals surface area contributed by atoms with Crippen LogP contribution in [0.1, 0.15) is 30.9 Å². The molecular formula is C15H25NS. The number of hydrogen-bond acceptors (Lipinski definition) is 2. The molecule has 0 saturated carbocycles. The maximum atomic E-state index is 5.86. The fourth-order valence-electron chi connectivity index (χ4n) is 1.98. The molecule has 0 saturated heterocycles. The van der Waals surface area contributed by atoms with Gasteiger partial charge >= 0.3 is 0 Å². The van der Waals surface area contributed by atoms with Crippen molar-refractivity contribution in [3.8, 4) is 0 Å². The Morgan fingerprint density at radius 3 is 2.53 bits per heavy atom. The lowest BCUT2D eigenvalue weighted by atomic mass is 9.95. The molecule has 1 rings (SSSR count). The molecule has 0 spiro atoms. The van der Waals surface area contributed by atoms with E-state index in [-0.39, 0.29) is 0 Å². The average Bonchev–Trinajstić information content (AvgIpc) is 2.35. The van der Waals surface area contributed by atoms with Gasteiger partial charge in [-0.15, -0.1) is 0 Å². The van der Waals surface area contributed by atoms with Crippen LogP contribution in [-0.2, 0) is 6.42 Å². The molecule has 0 amide bonds. The summed E-state index contributed by atoms with van der Waals surface area (Å²) in [5.41, 5.74) is 8.61. The predicted molar refractivity (Wildman–Crippen MR) is 79.7 cm³/mol. The van der Waals surface area contributed by atoms with Crippen LogP contribution in [-0.4, -0.2) is 18.1 Å². The van der Waals surface area contributed by atoms with Crippen molar-refractivity contribution < 1.29 is 0 Å². The Morgan fingerprint density at radius 1 is 1.24 bits per heavy atom. The minimum Gasteiger partial charge on any atom is -0.330 e. The molecule has 1 nitrogen and oxygen atoms in total. The van der Waals surface area contributed by atoms with Gasteiger partial charge in [-0.05, 0) is 55.7 Å². The SMILES string of the molecule is CCSCCCC(CN)Cc1ccc(C)cc1. The summed E-state index contributed by atoms with van der Waals surface area (Å²) in [4.78, 5) is 0. The molecule has 0 bridgehead atoms. The van der Waals surface area contributed by atoms with E-state index in [1.807, 2.05) is 11.8 Å². The predicted octanol–water partition coefficient (Wildman–Crippen LogP) is 3.65. The van der Waals surface area contributed by atoms with E-state index in [9.17, 15) is 0 Å². The quantitative estimate of drug-likeness (QED) is 0.714. The van der Waals surface area contributed by atoms with Crippen molar-refractivity contribution in [2.75, 3.05) is 18.1 Å². The third-order valence-corrected chi connectivity index (χ3v) is 4.07. The second-order valence-corrected chi connectivity index (χ2v) is 6.02. The summed E-state index contributed by atoms with van der Waals surface area (Å²) in [6.45, 7) is 5.16. The molecule has 1 aromatic rings. The van der Waals surface area contributed by atoms with Crippen LogP contribution in [0.2, 0.25) is 0 Å². The van der Waals surface area contributed by atoms with Gasteiger partial charge in [0.25, 0.3) is 0 Å². The lowest BCUT2D eigenvalue weighted by Crippen LogP contribution is -2.17. The number of aryl methyl sites for hydroxylation is 1. The first kappa shape index (κ1) is 14.6. The van der Waals surface area contributed by atoms with Crippen LogP contribution in [0.15, 0.2) is 24.3 Å². The zero-order valence-electron chi connectivity index (χ0n) is 11.1. The molecule has 1 aromatic carbocycles. The van der Waals surface area contributed by atoms with Crippen LogP contribution < -0.4 is 5.73 Å². The van der Waals surface area contributed by atoms with Crippen LogP contribution in [0, 0.1) is 12.8 Å². The topological polar surface area (TPSA) is 26.0 Å². The number of rotatable bonds is 8. The fourth-order valence-corrected chi connectivity index (χ4v) is 2.64. The highest BCUT2D eigenvalue weighted by atomic mass is 32.2. The summed E-state index contributed by atoms with van der Waals surface area (Å²) in [5, 5.41) is 0. The first-order valence-electron chi connectivity index (χ1n) is 6.59. The highest BCUT2D eigenvalue weighted by Gasteiger charge is 2.07. The summed E-state index contributed by atoms with van der Waals surface area (Å²) < 4.78 is 0. The molecular weight excluding hydrogens is 226 g/mol. The van der Waals surface area contributed by atoms with Crippen molar-refractivity contribution in [2.45, 2.75) is 33.1 Å². The number of thioether (sulfide) groups is 1. The van der Waals surface area contributed by atoms with Gasteiger partial charge in [-0.1, -0.05) is 36.8 Å². The summed E-state index contributed by atoms with van der Waals surface area (Å²) >= 11 is 2.03. The highest BCUT2D eigenvalue weighted by molar-refractivity contribution is 7.99. The van der Waals surface area contributed by atoms with Crippen molar-refractivity contribution in [1.29, 1.82) is 0 Å². The third kappa shape index (κ3) is 6.13. The van der Waals surface area contributed by atoms with Gasteiger partial charge in [0.05, 0.1) is 0 Å². The second kappa shape index (κ2) is 8.60. The minimum atomic E-state index is 0.648. The Labute approximate surface area is 110 Å². The molecule has 17 heavy (non-hydrogen) atoms. The smallest absolute Gasteiger partial charge is 0.00457 e. The van der Waals surface area contributed by atoms with Gasteiger partial charge in [0.15, 0.2) is 0 Å². The summed E-state index contributed by atoms with van der Waals surface area (Å²) in [7, 11) is 0. The maximum absolute atomic E-state index is 5.86. The highest BCUT2D eigenvalue weighted by Crippen LogP contribution is 2.15. The van der Waals surface area contributed by atoms with Crippen molar-refractivity contribution in [3.05, 3.63) is 35.4 Å². The van der Waals surface area contributed by atoms with Crippen LogP contribution in [0.4, 0.5) is 0 Å². The summed E-state index contributed by atoms with van der Waals surface area (Å²) in [5.74, 6) is 3.15. The van der Waals surface area contributed by atoms with Crippen molar-refractivity contribution in [2.24, 2.45) is 11.7 Å². The molecule has 0 aliphatic heterocycles. The Kier molecular flexibility index (Phi) is 7.38. The molecule has 1 atom stereocenters. The molecule has 2 heteroatoms. The van der Waals surface area contributed by atoms with E-state index in [0.717, 1.165) is 13.0 Å². The number of benzene rings is 1. The third-order valence-electron chi connectivity index (χ3n) is 3.08. The van der Waals surface area contributed by atoms with E-state index in [1.54, 1.807) is 0 Å². The maximum Gasteiger partial charge on any atom is -0.00457 e. The van der Waals surface area contributed by atoms with Gasteiger partial charge in [0.1, 0.15) is 0 Å². The first-order chi connectivity index (χ1) is 8.26. The number of hydrogen-bond donors (Lipinski definition) is 1. The largest absolute Gasteiger partial charge is 0.330 e. The van der Waals surface area contributed by atoms with Gasteiger partial charge in [0, 0.05) is 0 Å². The van der Waals surface area contributed by atoms with E-state index in [1.165, 1.54) is 35.5 Å². The minimum absolute atomic E-state index is 0.648. The van der Waals surface area contributed by atoms with Crippen LogP contribution >= 0.6 is 11.8 Å². The summed E-state index contributed by atoms with van der Waals surface area (Å²) in [6.07, 6.45) is 3.69. The van der Waals surface area contributed by atoms with E-state index in [2.05, 4.69) is 38.1 Å². The molecule has 0 aromatic heterocycles. The van der Waals surface area contributed by atoms with Gasteiger partial charge in [-0.2, -0.15) is 11.8 Å². The van der Waals surface area contributed by atoms with Crippen LogP contribution in [0.3, 0.4) is 0 Å². The molecule has 0 radical (unpaired) electrons. The zero-order chi connectivity index (χ0) is 12.5. The standard InChI is InChI=1S/C15H25NS/c1-3-17-10-4-5-15(12-16)11-14-8-6-13(2)7-9-14/h6-9,15H,3-5,10-12,16H2,1-2H3. The monoisotopic (exact) mass is 251 g/mol. The summed E-state index contributed by atoms with van der Waals surface area (Å²) in [6, 6.07) is 8.85. The van der Waals surface area contributed by atoms with Crippen LogP contribution in [0.25, 0.3) is 0 Å². The Balaban J connectivity index is 2.33. The molecule has 2 N–H and O–H groups in total. The Morgan fingerprint density at radius 2 is 1.94 bits per heavy atom. The van der Waals surface area contributed by atoms with E-state index in [0.29, 0.717) is 5.92 Å². The molecule has 0 aliphatic carbocycles. The molecule has 0 heterocycles. The average molecular weight is 251 g/mol. The van der Waals surface area contributed by atoms with Crippen molar-refractivity contribution in [3.63, 3.8) is 0 Å². The van der Waals surface area contributed by atoms with Crippen molar-refractivity contribution >= 4 is 11.8 Å². The number of nitrogens with two attached hydrogens (primary N) is 1. The lowest BCUT2D eigenvalue weighted by molar-refractivity contribution is 0.489. The first-order valence-corrected chi connectivity index (χ1v) is 7.75. The Bertz CT molecular complexity index is 294. The molecule has 0 aliphatic rings. The van der Waals surface area contributed by atoms with Gasteiger partial charge in [0.2, 0.25) is 0 Å². The van der Waals surface area contributed by atoms with Gasteiger partial charge < -0.3 is 5.73 Å². The molecule has 96 valence electrons. The fraction of sp³-hybridized carbons (Fsp3) is 0.600. The zero-order valence-corrected chi connectivity index (χ0v) is 11.9. The molecule has 0 fully saturated rings. The normalized spacial score (nSPS) is 12.6. The van der Waals surface area contributed by atoms with E-state index < -0.39 is 0 Å². The van der Waals surface area contributed by atoms with E-state index in [4.69, 9.17) is 5.73 Å². The lowest BCUT2D eigenvalue weighted by Gasteiger charge is -2.14. The van der Waals surface area contributed by atoms with Gasteiger partial charge in [-0.25, -0.2) is 0 Å². The van der Waals surface area contributed by atoms with E-state index >= 15 is 0 Å². The Hall–Kier alpha value is -0.470. The molecule has 1 unspecified atom stereocenters. The van der Waals surface area contributed by atoms with Gasteiger partial charge in [-0.3, -0.25) is 0 Å².